The van der Waals surface area contributed by atoms with E-state index >= 15 is 0 Å². The van der Waals surface area contributed by atoms with Crippen LogP contribution in [0.4, 0.5) is 11.4 Å². The summed E-state index contributed by atoms with van der Waals surface area (Å²) in [5, 5.41) is 16.3. The van der Waals surface area contributed by atoms with Crippen molar-refractivity contribution in [2.24, 2.45) is 0 Å². The third kappa shape index (κ3) is 7.33. The van der Waals surface area contributed by atoms with Gasteiger partial charge in [0.2, 0.25) is 11.7 Å². The zero-order valence-corrected chi connectivity index (χ0v) is 29.7. The molecule has 0 fully saturated rings. The average Bonchev–Trinajstić information content (AvgIpc) is 3.68. The molecule has 3 heterocycles. The zero-order valence-electron chi connectivity index (χ0n) is 29.7. The molecule has 1 amide bonds. The Morgan fingerprint density at radius 3 is 2.35 bits per heavy atom. The molecule has 52 heavy (non-hydrogen) atoms. The molecular weight excluding hydrogens is 658 g/mol. The fraction of sp³-hybridized carbons (Fsp3) is 0.250. The monoisotopic (exact) mass is 699 g/mol. The number of tetrazole rings is 1. The summed E-state index contributed by atoms with van der Waals surface area (Å²) < 4.78 is 22.1. The molecule has 4 aromatic carbocycles. The smallest absolute Gasteiger partial charge is 0.249 e. The Kier molecular flexibility index (Phi) is 10.2. The first kappa shape index (κ1) is 34.3. The fourth-order valence-corrected chi connectivity index (χ4v) is 6.57. The van der Waals surface area contributed by atoms with Gasteiger partial charge in [0.15, 0.2) is 23.0 Å². The Morgan fingerprint density at radius 1 is 0.865 bits per heavy atom. The average molecular weight is 700 g/mol. The molecule has 0 unspecified atom stereocenters. The van der Waals surface area contributed by atoms with Gasteiger partial charge in [0.05, 0.1) is 45.4 Å². The number of ether oxygens (including phenoxy) is 4. The highest BCUT2D eigenvalue weighted by Gasteiger charge is 2.21. The van der Waals surface area contributed by atoms with Gasteiger partial charge in [0, 0.05) is 50.2 Å². The first-order valence-electron chi connectivity index (χ1n) is 17.1. The molecule has 2 aliphatic heterocycles. The van der Waals surface area contributed by atoms with Crippen molar-refractivity contribution in [3.8, 4) is 40.1 Å². The van der Waals surface area contributed by atoms with E-state index in [0.717, 1.165) is 60.9 Å². The highest BCUT2D eigenvalue weighted by Crippen LogP contribution is 2.38. The lowest BCUT2D eigenvalue weighted by Gasteiger charge is -2.29. The van der Waals surface area contributed by atoms with Crippen LogP contribution in [0.25, 0.3) is 23.2 Å². The number of methoxy groups -OCH3 is 4. The van der Waals surface area contributed by atoms with E-state index in [1.165, 1.54) is 27.6 Å². The van der Waals surface area contributed by atoms with Crippen molar-refractivity contribution < 1.29 is 23.7 Å². The van der Waals surface area contributed by atoms with Crippen molar-refractivity contribution in [3.05, 3.63) is 113 Å². The maximum atomic E-state index is 13.2. The molecule has 0 spiro atoms. The normalized spacial score (nSPS) is 13.8. The number of hydrogen-bond acceptors (Lipinski definition) is 10. The van der Waals surface area contributed by atoms with E-state index in [4.69, 9.17) is 18.9 Å². The van der Waals surface area contributed by atoms with E-state index in [0.29, 0.717) is 35.1 Å². The van der Waals surface area contributed by atoms with Gasteiger partial charge in [0.1, 0.15) is 0 Å². The number of fused-ring (bicyclic) bond motifs is 2. The maximum Gasteiger partial charge on any atom is 0.249 e. The van der Waals surface area contributed by atoms with Crippen LogP contribution in [-0.2, 0) is 24.2 Å². The summed E-state index contributed by atoms with van der Waals surface area (Å²) in [6.07, 6.45) is 9.30. The van der Waals surface area contributed by atoms with Crippen LogP contribution >= 0.6 is 0 Å². The zero-order chi connectivity index (χ0) is 36.0. The van der Waals surface area contributed by atoms with E-state index < -0.39 is 0 Å². The van der Waals surface area contributed by atoms with Gasteiger partial charge in [0.25, 0.3) is 0 Å². The minimum absolute atomic E-state index is 0.319. The number of nitrogens with zero attached hydrogens (tertiary/aromatic N) is 6. The lowest BCUT2D eigenvalue weighted by Crippen LogP contribution is -2.32. The van der Waals surface area contributed by atoms with Crippen molar-refractivity contribution in [2.75, 3.05) is 58.3 Å². The topological polar surface area (TPSA) is 116 Å². The molecule has 12 nitrogen and oxygen atoms in total. The molecule has 0 saturated heterocycles. The highest BCUT2D eigenvalue weighted by atomic mass is 16.5. The molecule has 12 heteroatoms. The van der Waals surface area contributed by atoms with Gasteiger partial charge in [-0.15, -0.1) is 15.0 Å². The molecule has 2 aliphatic rings. The Balaban J connectivity index is 1.03. The third-order valence-electron chi connectivity index (χ3n) is 9.37. The summed E-state index contributed by atoms with van der Waals surface area (Å²) in [6.45, 7) is 3.46. The number of carbonyl (C=O) groups is 1. The molecule has 5 aromatic rings. The van der Waals surface area contributed by atoms with Gasteiger partial charge in [-0.05, 0) is 76.7 Å². The van der Waals surface area contributed by atoms with Crippen molar-refractivity contribution in [2.45, 2.75) is 19.4 Å². The predicted octanol–water partition coefficient (Wildman–Crippen LogP) is 5.95. The number of hydrogen-bond donors (Lipinski definition) is 1. The van der Waals surface area contributed by atoms with Gasteiger partial charge in [-0.1, -0.05) is 42.5 Å². The van der Waals surface area contributed by atoms with Crippen molar-refractivity contribution >= 4 is 23.4 Å². The molecule has 0 bridgehead atoms. The van der Waals surface area contributed by atoms with Gasteiger partial charge in [-0.25, -0.2) is 0 Å². The van der Waals surface area contributed by atoms with Crippen LogP contribution in [0, 0.1) is 0 Å². The number of para-hydroxylation sites is 1. The van der Waals surface area contributed by atoms with Gasteiger partial charge < -0.3 is 29.2 Å². The summed E-state index contributed by atoms with van der Waals surface area (Å²) in [5.41, 5.74) is 7.69. The number of rotatable bonds is 12. The third-order valence-corrected chi connectivity index (χ3v) is 9.37. The quantitative estimate of drug-likeness (QED) is 0.157. The molecule has 1 aromatic heterocycles. The molecule has 0 atom stereocenters. The van der Waals surface area contributed by atoms with E-state index in [9.17, 15) is 4.79 Å². The lowest BCUT2D eigenvalue weighted by molar-refractivity contribution is -0.111. The SMILES string of the molecule is COc1cc2c(cc1OC)CN(CCc1ccc(-n3nnc(-c4cc(OC)c(OC)cc4NC(=O)C=CN4CC=Cc5ccccc54)n3)cc1)CC2. The van der Waals surface area contributed by atoms with Crippen molar-refractivity contribution in [3.63, 3.8) is 0 Å². The van der Waals surface area contributed by atoms with Crippen LogP contribution in [0.5, 0.6) is 23.0 Å². The largest absolute Gasteiger partial charge is 0.493 e. The van der Waals surface area contributed by atoms with Crippen LogP contribution in [0.1, 0.15) is 22.3 Å². The van der Waals surface area contributed by atoms with Gasteiger partial charge in [-0.2, -0.15) is 0 Å². The van der Waals surface area contributed by atoms with Gasteiger partial charge in [-0.3, -0.25) is 9.69 Å². The number of carbonyl (C=O) groups excluding carboxylic acids is 1. The summed E-state index contributed by atoms with van der Waals surface area (Å²) >= 11 is 0. The second-order valence-electron chi connectivity index (χ2n) is 12.5. The molecule has 7 rings (SSSR count). The van der Waals surface area contributed by atoms with Crippen LogP contribution in [0.2, 0.25) is 0 Å². The first-order chi connectivity index (χ1) is 25.5. The van der Waals surface area contributed by atoms with Crippen molar-refractivity contribution in [1.29, 1.82) is 0 Å². The second kappa shape index (κ2) is 15.4. The Bertz CT molecular complexity index is 2130. The van der Waals surface area contributed by atoms with Gasteiger partial charge >= 0.3 is 0 Å². The fourth-order valence-electron chi connectivity index (χ4n) is 6.57. The number of benzene rings is 4. The molecule has 1 N–H and O–H groups in total. The summed E-state index contributed by atoms with van der Waals surface area (Å²) in [5.74, 6) is 2.47. The van der Waals surface area contributed by atoms with E-state index in [-0.39, 0.29) is 5.91 Å². The number of anilines is 2. The number of nitrogens with one attached hydrogen (secondary N) is 1. The minimum atomic E-state index is -0.322. The van der Waals surface area contributed by atoms with Crippen molar-refractivity contribution in [1.82, 2.24) is 25.1 Å². The highest BCUT2D eigenvalue weighted by molar-refractivity contribution is 6.02. The van der Waals surface area contributed by atoms with Crippen LogP contribution in [0.15, 0.2) is 91.1 Å². The Hall–Kier alpha value is -6.14. The maximum absolute atomic E-state index is 13.2. The van der Waals surface area contributed by atoms with E-state index in [1.54, 1.807) is 46.8 Å². The molecule has 0 radical (unpaired) electrons. The predicted molar refractivity (Wildman–Crippen MR) is 201 cm³/mol. The van der Waals surface area contributed by atoms with Crippen LogP contribution in [0.3, 0.4) is 0 Å². The van der Waals surface area contributed by atoms with Crippen LogP contribution in [-0.4, -0.2) is 79.1 Å². The van der Waals surface area contributed by atoms with Crippen LogP contribution < -0.4 is 29.2 Å². The Morgan fingerprint density at radius 2 is 1.58 bits per heavy atom. The summed E-state index contributed by atoms with van der Waals surface area (Å²) in [6, 6.07) is 23.8. The first-order valence-corrected chi connectivity index (χ1v) is 17.1. The minimum Gasteiger partial charge on any atom is -0.493 e. The summed E-state index contributed by atoms with van der Waals surface area (Å²) in [4.78, 5) is 19.2. The molecule has 0 saturated carbocycles. The number of aromatic nitrogens is 4. The molecular formula is C40H41N7O5. The molecule has 0 aliphatic carbocycles. The lowest BCUT2D eigenvalue weighted by atomic mass is 9.98. The number of amides is 1. The summed E-state index contributed by atoms with van der Waals surface area (Å²) in [7, 11) is 6.44. The Labute approximate surface area is 302 Å². The van der Waals surface area contributed by atoms with E-state index in [2.05, 4.69) is 62.0 Å². The standard InChI is InChI=1S/C40H41N7O5/c1-49-35-22-29-16-20-45(26-30(29)23-36(35)50-2)19-15-27-11-13-31(14-12-27)47-43-40(42-44-47)32-24-37(51-3)38(52-4)25-33(32)41-39(48)17-21-46-18-7-9-28-8-5-6-10-34(28)46/h5-14,17,21-25H,15-16,18-20,26H2,1-4H3,(H,41,48). The second-order valence-corrected chi connectivity index (χ2v) is 12.5. The van der Waals surface area contributed by atoms with E-state index in [1.807, 2.05) is 41.3 Å². The molecule has 266 valence electrons.